The van der Waals surface area contributed by atoms with Crippen LogP contribution in [0.25, 0.3) is 33.4 Å². The Kier molecular flexibility index (Phi) is 7.70. The van der Waals surface area contributed by atoms with Gasteiger partial charge in [0.05, 0.1) is 0 Å². The number of rotatable bonds is 2. The minimum Gasteiger partial charge on any atom is -0.475 e. The van der Waals surface area contributed by atoms with Crippen molar-refractivity contribution < 1.29 is 33.0 Å². The van der Waals surface area contributed by atoms with E-state index in [-0.39, 0.29) is 5.91 Å². The van der Waals surface area contributed by atoms with Crippen LogP contribution in [0.15, 0.2) is 67.0 Å². The monoisotopic (exact) mass is 549 g/mol. The summed E-state index contributed by atoms with van der Waals surface area (Å²) in [4.78, 5) is 36.1. The summed E-state index contributed by atoms with van der Waals surface area (Å²) in [5, 5.41) is 18.5. The Morgan fingerprint density at radius 2 is 1.75 bits per heavy atom. The molecule has 0 aliphatic carbocycles. The highest BCUT2D eigenvalue weighted by atomic mass is 19.4. The van der Waals surface area contributed by atoms with E-state index in [0.29, 0.717) is 35.7 Å². The van der Waals surface area contributed by atoms with Gasteiger partial charge in [-0.15, -0.1) is 0 Å². The number of nitrogen functional groups attached to an aromatic ring is 1. The van der Waals surface area contributed by atoms with E-state index in [4.69, 9.17) is 15.6 Å². The fourth-order valence-electron chi connectivity index (χ4n) is 3.91. The maximum absolute atomic E-state index is 12.2. The molecule has 2 aromatic carbocycles. The zero-order chi connectivity index (χ0) is 29.1. The number of carboxylic acid groups (broad SMARTS) is 1. The van der Waals surface area contributed by atoms with Crippen molar-refractivity contribution in [1.82, 2.24) is 19.9 Å². The number of carbonyl (C=O) groups is 2. The number of pyridine rings is 1. The van der Waals surface area contributed by atoms with Crippen LogP contribution < -0.4 is 5.73 Å². The molecule has 3 heterocycles. The van der Waals surface area contributed by atoms with Gasteiger partial charge in [-0.1, -0.05) is 54.3 Å². The van der Waals surface area contributed by atoms with Gasteiger partial charge in [0.25, 0.3) is 5.91 Å². The van der Waals surface area contributed by atoms with Crippen LogP contribution in [0.2, 0.25) is 0 Å². The highest BCUT2D eigenvalue weighted by Gasteiger charge is 2.42. The predicted octanol–water partition coefficient (Wildman–Crippen LogP) is 3.52. The van der Waals surface area contributed by atoms with Gasteiger partial charge in [-0.3, -0.25) is 4.79 Å². The van der Waals surface area contributed by atoms with E-state index in [1.165, 1.54) is 4.90 Å². The molecular weight excluding hydrogens is 527 g/mol. The lowest BCUT2D eigenvalue weighted by molar-refractivity contribution is -0.192. The number of aliphatic hydroxyl groups is 1. The smallest absolute Gasteiger partial charge is 0.475 e. The van der Waals surface area contributed by atoms with Crippen molar-refractivity contribution in [2.24, 2.45) is 0 Å². The summed E-state index contributed by atoms with van der Waals surface area (Å²) in [5.74, 6) is 3.35. The second kappa shape index (κ2) is 11.0. The van der Waals surface area contributed by atoms with Gasteiger partial charge in [0.1, 0.15) is 11.3 Å². The van der Waals surface area contributed by atoms with E-state index in [9.17, 15) is 23.1 Å². The topological polar surface area (TPSA) is 143 Å². The van der Waals surface area contributed by atoms with Gasteiger partial charge in [0.15, 0.2) is 5.82 Å². The molecule has 4 aromatic rings. The molecule has 1 aliphatic rings. The first-order chi connectivity index (χ1) is 18.9. The standard InChI is InChI=1S/C26H21N5O2.C2HF3O2/c1-31-13-12-26(33,25(31)32)11-10-17-6-5-9-19(14-17)24-29-16-21-20(18-7-3-2-4-8-18)15-28-23(27)22(21)30-24;3-2(4,5)1(6)7/h2-9,14-16,33H,12-13H2,1H3,(H2,27,28);(H,6,7)/t26-;/m0./s1. The number of nitrogens with zero attached hydrogens (tertiary/aromatic N) is 4. The molecule has 0 unspecified atom stereocenters. The Labute approximate surface area is 226 Å². The van der Waals surface area contributed by atoms with Crippen LogP contribution in [-0.2, 0) is 9.59 Å². The molecule has 1 saturated heterocycles. The van der Waals surface area contributed by atoms with Crippen LogP contribution in [0.1, 0.15) is 12.0 Å². The van der Waals surface area contributed by atoms with Crippen LogP contribution in [0.4, 0.5) is 19.0 Å². The molecule has 0 radical (unpaired) electrons. The summed E-state index contributed by atoms with van der Waals surface area (Å²) in [5.41, 5.74) is 8.39. The lowest BCUT2D eigenvalue weighted by Gasteiger charge is -2.13. The first-order valence-electron chi connectivity index (χ1n) is 11.8. The number of halogens is 3. The lowest BCUT2D eigenvalue weighted by atomic mass is 10.0. The van der Waals surface area contributed by atoms with Gasteiger partial charge in [-0.2, -0.15) is 13.2 Å². The van der Waals surface area contributed by atoms with Crippen molar-refractivity contribution in [2.45, 2.75) is 18.2 Å². The van der Waals surface area contributed by atoms with Gasteiger partial charge in [-0.25, -0.2) is 19.7 Å². The third kappa shape index (κ3) is 6.00. The number of hydrogen-bond acceptors (Lipinski definition) is 7. The number of carbonyl (C=O) groups excluding carboxylic acids is 1. The van der Waals surface area contributed by atoms with E-state index in [1.807, 2.05) is 54.6 Å². The Hall–Kier alpha value is -5.02. The molecule has 40 heavy (non-hydrogen) atoms. The molecule has 0 bridgehead atoms. The Bertz CT molecular complexity index is 1650. The number of likely N-dealkylation sites (tertiary alicyclic amines) is 1. The van der Waals surface area contributed by atoms with Crippen LogP contribution in [-0.4, -0.2) is 67.3 Å². The predicted molar refractivity (Wildman–Crippen MR) is 140 cm³/mol. The summed E-state index contributed by atoms with van der Waals surface area (Å²) >= 11 is 0. The van der Waals surface area contributed by atoms with Crippen molar-refractivity contribution in [3.05, 3.63) is 72.6 Å². The summed E-state index contributed by atoms with van der Waals surface area (Å²) in [7, 11) is 1.66. The molecule has 5 rings (SSSR count). The van der Waals surface area contributed by atoms with Crippen molar-refractivity contribution in [3.8, 4) is 34.4 Å². The molecular formula is C28H22F3N5O4. The highest BCUT2D eigenvalue weighted by Crippen LogP contribution is 2.30. The fourth-order valence-corrected chi connectivity index (χ4v) is 3.91. The van der Waals surface area contributed by atoms with Gasteiger partial charge in [0.2, 0.25) is 5.60 Å². The Balaban J connectivity index is 0.000000470. The van der Waals surface area contributed by atoms with Crippen molar-refractivity contribution >= 4 is 28.6 Å². The SMILES string of the molecule is CN1CC[C@@](O)(C#Cc2cccc(-c3ncc4c(-c5ccccc5)cnc(N)c4n3)c2)C1=O.O=C(O)C(F)(F)F. The third-order valence-corrected chi connectivity index (χ3v) is 6.03. The maximum Gasteiger partial charge on any atom is 0.490 e. The first kappa shape index (κ1) is 28.0. The molecule has 4 N–H and O–H groups in total. The molecule has 2 aromatic heterocycles. The second-order valence-electron chi connectivity index (χ2n) is 8.85. The number of amides is 1. The van der Waals surface area contributed by atoms with E-state index in [2.05, 4.69) is 26.8 Å². The van der Waals surface area contributed by atoms with Crippen molar-refractivity contribution in [1.29, 1.82) is 0 Å². The molecule has 0 spiro atoms. The average molecular weight is 550 g/mol. The maximum atomic E-state index is 12.2. The lowest BCUT2D eigenvalue weighted by Crippen LogP contribution is -2.37. The second-order valence-corrected chi connectivity index (χ2v) is 8.85. The summed E-state index contributed by atoms with van der Waals surface area (Å²) in [6, 6.07) is 17.2. The molecule has 9 nitrogen and oxygen atoms in total. The van der Waals surface area contributed by atoms with Gasteiger partial charge in [-0.05, 0) is 17.7 Å². The van der Waals surface area contributed by atoms with Gasteiger partial charge < -0.3 is 20.8 Å². The molecule has 1 atom stereocenters. The minimum atomic E-state index is -5.08. The number of benzene rings is 2. The molecule has 1 amide bonds. The van der Waals surface area contributed by atoms with Crippen molar-refractivity contribution in [3.63, 3.8) is 0 Å². The van der Waals surface area contributed by atoms with Gasteiger partial charge in [0, 0.05) is 54.5 Å². The molecule has 1 fully saturated rings. The zero-order valence-electron chi connectivity index (χ0n) is 21.0. The van der Waals surface area contributed by atoms with Crippen LogP contribution in [0.5, 0.6) is 0 Å². The minimum absolute atomic E-state index is 0.291. The van der Waals surface area contributed by atoms with Crippen LogP contribution >= 0.6 is 0 Å². The summed E-state index contributed by atoms with van der Waals surface area (Å²) in [6.45, 7) is 0.482. The average Bonchev–Trinajstić information content (AvgIpc) is 3.20. The number of alkyl halides is 3. The molecule has 1 aliphatic heterocycles. The number of carboxylic acids is 1. The quantitative estimate of drug-likeness (QED) is 0.323. The molecule has 204 valence electrons. The summed E-state index contributed by atoms with van der Waals surface area (Å²) in [6.07, 6.45) is -1.30. The number of likely N-dealkylation sites (N-methyl/N-ethyl adjacent to an activating group) is 1. The summed E-state index contributed by atoms with van der Waals surface area (Å²) < 4.78 is 31.7. The van der Waals surface area contributed by atoms with Crippen LogP contribution in [0.3, 0.4) is 0 Å². The molecule has 12 heteroatoms. The number of aliphatic carboxylic acids is 1. The molecule has 0 saturated carbocycles. The fraction of sp³-hybridized carbons (Fsp3) is 0.179. The Morgan fingerprint density at radius 3 is 2.38 bits per heavy atom. The zero-order valence-corrected chi connectivity index (χ0v) is 21.0. The number of hydrogen-bond donors (Lipinski definition) is 3. The number of anilines is 1. The van der Waals surface area contributed by atoms with E-state index < -0.39 is 17.7 Å². The van der Waals surface area contributed by atoms with E-state index >= 15 is 0 Å². The highest BCUT2D eigenvalue weighted by molar-refractivity contribution is 5.99. The van der Waals surface area contributed by atoms with Gasteiger partial charge >= 0.3 is 12.1 Å². The van der Waals surface area contributed by atoms with E-state index in [1.54, 1.807) is 19.4 Å². The largest absolute Gasteiger partial charge is 0.490 e. The first-order valence-corrected chi connectivity index (χ1v) is 11.8. The van der Waals surface area contributed by atoms with E-state index in [0.717, 1.165) is 22.1 Å². The van der Waals surface area contributed by atoms with Crippen LogP contribution in [0, 0.1) is 11.8 Å². The van der Waals surface area contributed by atoms with Crippen molar-refractivity contribution in [2.75, 3.05) is 19.3 Å². The third-order valence-electron chi connectivity index (χ3n) is 6.03. The number of fused-ring (bicyclic) bond motifs is 1. The normalized spacial score (nSPS) is 16.6. The Morgan fingerprint density at radius 1 is 1.07 bits per heavy atom. The number of aromatic nitrogens is 3. The number of nitrogens with two attached hydrogens (primary N) is 1.